The Labute approximate surface area is 148 Å². The molecule has 0 aliphatic carbocycles. The summed E-state index contributed by atoms with van der Waals surface area (Å²) in [5, 5.41) is 4.40. The molecule has 0 bridgehead atoms. The van der Waals surface area contributed by atoms with E-state index in [1.807, 2.05) is 6.07 Å². The highest BCUT2D eigenvalue weighted by Crippen LogP contribution is 2.31. The molecule has 0 unspecified atom stereocenters. The van der Waals surface area contributed by atoms with Crippen molar-refractivity contribution in [2.45, 2.75) is 12.3 Å². The van der Waals surface area contributed by atoms with Gasteiger partial charge in [-0.25, -0.2) is 4.68 Å². The van der Waals surface area contributed by atoms with E-state index in [9.17, 15) is 13.6 Å². The standard InChI is InChI=1S/C19H16F2N4O/c20-19(21,14-5-2-1-3-6-14)13-24-10-8-17-16(18(24)26)12-25(23-17)15-7-4-9-22-11-15/h1-7,9,11-12H,8,10,13H2. The summed E-state index contributed by atoms with van der Waals surface area (Å²) in [6, 6.07) is 11.2. The number of halogens is 2. The highest BCUT2D eigenvalue weighted by atomic mass is 19.3. The van der Waals surface area contributed by atoms with Crippen LogP contribution < -0.4 is 0 Å². The summed E-state index contributed by atoms with van der Waals surface area (Å²) in [6.45, 7) is -0.425. The number of carbonyl (C=O) groups is 1. The van der Waals surface area contributed by atoms with Crippen LogP contribution in [0.2, 0.25) is 0 Å². The number of amides is 1. The number of pyridine rings is 1. The zero-order chi connectivity index (χ0) is 18.1. The topological polar surface area (TPSA) is 51.0 Å². The lowest BCUT2D eigenvalue weighted by atomic mass is 10.0. The van der Waals surface area contributed by atoms with E-state index in [0.29, 0.717) is 17.7 Å². The quantitative estimate of drug-likeness (QED) is 0.724. The van der Waals surface area contributed by atoms with Crippen LogP contribution in [-0.2, 0) is 12.3 Å². The maximum atomic E-state index is 14.5. The summed E-state index contributed by atoms with van der Waals surface area (Å²) in [7, 11) is 0. The first kappa shape index (κ1) is 16.4. The molecule has 1 aromatic carbocycles. The van der Waals surface area contributed by atoms with Crippen LogP contribution >= 0.6 is 0 Å². The molecule has 0 saturated heterocycles. The molecule has 26 heavy (non-hydrogen) atoms. The van der Waals surface area contributed by atoms with Crippen molar-refractivity contribution >= 4 is 5.91 Å². The summed E-state index contributed by atoms with van der Waals surface area (Å²) >= 11 is 0. The van der Waals surface area contributed by atoms with Gasteiger partial charge in [-0.1, -0.05) is 30.3 Å². The van der Waals surface area contributed by atoms with E-state index in [2.05, 4.69) is 10.1 Å². The molecule has 5 nitrogen and oxygen atoms in total. The van der Waals surface area contributed by atoms with E-state index in [1.165, 1.54) is 17.0 Å². The van der Waals surface area contributed by atoms with Gasteiger partial charge in [-0.2, -0.15) is 13.9 Å². The van der Waals surface area contributed by atoms with Gasteiger partial charge in [0.05, 0.1) is 29.7 Å². The van der Waals surface area contributed by atoms with E-state index >= 15 is 0 Å². The zero-order valence-electron chi connectivity index (χ0n) is 13.8. The van der Waals surface area contributed by atoms with Crippen molar-refractivity contribution in [1.29, 1.82) is 0 Å². The highest BCUT2D eigenvalue weighted by Gasteiger charge is 2.38. The number of fused-ring (bicyclic) bond motifs is 1. The van der Waals surface area contributed by atoms with Gasteiger partial charge in [0.1, 0.15) is 0 Å². The molecule has 0 saturated carbocycles. The van der Waals surface area contributed by atoms with Crippen molar-refractivity contribution in [3.63, 3.8) is 0 Å². The second-order valence-corrected chi connectivity index (χ2v) is 6.19. The number of alkyl halides is 2. The van der Waals surface area contributed by atoms with E-state index in [0.717, 1.165) is 5.69 Å². The van der Waals surface area contributed by atoms with E-state index in [4.69, 9.17) is 0 Å². The van der Waals surface area contributed by atoms with Crippen molar-refractivity contribution < 1.29 is 13.6 Å². The predicted octanol–water partition coefficient (Wildman–Crippen LogP) is 3.06. The first-order chi connectivity index (χ1) is 12.5. The van der Waals surface area contributed by atoms with Gasteiger partial charge in [0, 0.05) is 30.9 Å². The van der Waals surface area contributed by atoms with E-state index in [1.54, 1.807) is 47.5 Å². The van der Waals surface area contributed by atoms with Gasteiger partial charge in [-0.15, -0.1) is 0 Å². The molecule has 1 amide bonds. The number of hydrogen-bond acceptors (Lipinski definition) is 3. The summed E-state index contributed by atoms with van der Waals surface area (Å²) in [5.41, 5.74) is 1.61. The summed E-state index contributed by atoms with van der Waals surface area (Å²) < 4.78 is 30.6. The van der Waals surface area contributed by atoms with Gasteiger partial charge in [-0.3, -0.25) is 9.78 Å². The number of aromatic nitrogens is 3. The van der Waals surface area contributed by atoms with Gasteiger partial charge < -0.3 is 4.90 Å². The molecule has 0 N–H and O–H groups in total. The maximum Gasteiger partial charge on any atom is 0.290 e. The third kappa shape index (κ3) is 2.96. The maximum absolute atomic E-state index is 14.5. The predicted molar refractivity (Wildman–Crippen MR) is 91.3 cm³/mol. The number of hydrogen-bond donors (Lipinski definition) is 0. The largest absolute Gasteiger partial charge is 0.332 e. The summed E-state index contributed by atoms with van der Waals surface area (Å²) in [4.78, 5) is 17.9. The molecule has 0 radical (unpaired) electrons. The van der Waals surface area contributed by atoms with Gasteiger partial charge >= 0.3 is 0 Å². The number of nitrogens with zero attached hydrogens (tertiary/aromatic N) is 4. The van der Waals surface area contributed by atoms with E-state index in [-0.39, 0.29) is 12.1 Å². The van der Waals surface area contributed by atoms with Crippen molar-refractivity contribution in [2.75, 3.05) is 13.1 Å². The third-order valence-electron chi connectivity index (χ3n) is 4.42. The molecule has 3 heterocycles. The Bertz CT molecular complexity index is 925. The molecule has 132 valence electrons. The molecule has 1 aliphatic rings. The molecule has 0 atom stereocenters. The monoisotopic (exact) mass is 354 g/mol. The lowest BCUT2D eigenvalue weighted by Gasteiger charge is -2.30. The lowest BCUT2D eigenvalue weighted by Crippen LogP contribution is -2.43. The molecular weight excluding hydrogens is 338 g/mol. The Kier molecular flexibility index (Phi) is 3.99. The summed E-state index contributed by atoms with van der Waals surface area (Å²) in [5.74, 6) is -3.52. The van der Waals surface area contributed by atoms with Gasteiger partial charge in [0.25, 0.3) is 11.8 Å². The normalized spacial score (nSPS) is 14.4. The average Bonchev–Trinajstić information content (AvgIpc) is 3.11. The van der Waals surface area contributed by atoms with Crippen LogP contribution in [0.25, 0.3) is 5.69 Å². The zero-order valence-corrected chi connectivity index (χ0v) is 13.8. The molecule has 1 aliphatic heterocycles. The van der Waals surface area contributed by atoms with Crippen molar-refractivity contribution in [1.82, 2.24) is 19.7 Å². The minimum absolute atomic E-state index is 0.0929. The Morgan fingerprint density at radius 2 is 1.92 bits per heavy atom. The Balaban J connectivity index is 1.58. The molecule has 0 fully saturated rings. The molecular formula is C19H16F2N4O. The number of benzene rings is 1. The van der Waals surface area contributed by atoms with Crippen LogP contribution in [-0.4, -0.2) is 38.7 Å². The van der Waals surface area contributed by atoms with Crippen LogP contribution in [0.15, 0.2) is 61.1 Å². The van der Waals surface area contributed by atoms with Crippen LogP contribution in [0.5, 0.6) is 0 Å². The summed E-state index contributed by atoms with van der Waals surface area (Å²) in [6.07, 6.45) is 5.30. The first-order valence-corrected chi connectivity index (χ1v) is 8.26. The number of carbonyl (C=O) groups excluding carboxylic acids is 1. The van der Waals surface area contributed by atoms with Crippen LogP contribution in [0.1, 0.15) is 21.6 Å². The van der Waals surface area contributed by atoms with Crippen LogP contribution in [0.4, 0.5) is 8.78 Å². The third-order valence-corrected chi connectivity index (χ3v) is 4.42. The van der Waals surface area contributed by atoms with Crippen molar-refractivity contribution in [3.05, 3.63) is 77.9 Å². The van der Waals surface area contributed by atoms with Crippen molar-refractivity contribution in [3.8, 4) is 5.69 Å². The molecule has 0 spiro atoms. The fourth-order valence-electron chi connectivity index (χ4n) is 3.07. The van der Waals surface area contributed by atoms with Crippen LogP contribution in [0, 0.1) is 0 Å². The smallest absolute Gasteiger partial charge is 0.290 e. The Hall–Kier alpha value is -3.09. The molecule has 7 heteroatoms. The molecule has 4 rings (SSSR count). The fourth-order valence-corrected chi connectivity index (χ4v) is 3.07. The van der Waals surface area contributed by atoms with Gasteiger partial charge in [0.2, 0.25) is 0 Å². The second kappa shape index (κ2) is 6.33. The van der Waals surface area contributed by atoms with Gasteiger partial charge in [-0.05, 0) is 12.1 Å². The molecule has 3 aromatic rings. The fraction of sp³-hybridized carbons (Fsp3) is 0.211. The second-order valence-electron chi connectivity index (χ2n) is 6.19. The lowest BCUT2D eigenvalue weighted by molar-refractivity contribution is -0.0334. The number of rotatable bonds is 4. The van der Waals surface area contributed by atoms with Crippen LogP contribution in [0.3, 0.4) is 0 Å². The molecule has 2 aromatic heterocycles. The SMILES string of the molecule is O=C1c2cn(-c3cccnc3)nc2CCN1CC(F)(F)c1ccccc1. The first-order valence-electron chi connectivity index (χ1n) is 8.26. The Morgan fingerprint density at radius 1 is 1.12 bits per heavy atom. The van der Waals surface area contributed by atoms with Crippen molar-refractivity contribution in [2.24, 2.45) is 0 Å². The minimum atomic E-state index is -3.10. The van der Waals surface area contributed by atoms with E-state index < -0.39 is 18.4 Å². The highest BCUT2D eigenvalue weighted by molar-refractivity contribution is 5.96. The Morgan fingerprint density at radius 3 is 2.65 bits per heavy atom. The van der Waals surface area contributed by atoms with Gasteiger partial charge in [0.15, 0.2) is 0 Å². The average molecular weight is 354 g/mol. The minimum Gasteiger partial charge on any atom is -0.332 e.